The zero-order valence-corrected chi connectivity index (χ0v) is 13.6. The van der Waals surface area contributed by atoms with Crippen molar-refractivity contribution in [3.63, 3.8) is 0 Å². The Morgan fingerprint density at radius 2 is 1.77 bits per heavy atom. The van der Waals surface area contributed by atoms with E-state index >= 15 is 0 Å². The highest BCUT2D eigenvalue weighted by atomic mass is 79.9. The van der Waals surface area contributed by atoms with Crippen LogP contribution < -0.4 is 9.47 Å². The lowest BCUT2D eigenvalue weighted by Gasteiger charge is -2.10. The van der Waals surface area contributed by atoms with Crippen molar-refractivity contribution in [2.45, 2.75) is 0 Å². The lowest BCUT2D eigenvalue weighted by molar-refractivity contribution is 0.0681. The van der Waals surface area contributed by atoms with Crippen molar-refractivity contribution in [1.82, 2.24) is 0 Å². The Labute approximate surface area is 139 Å². The van der Waals surface area contributed by atoms with Gasteiger partial charge in [0.2, 0.25) is 0 Å². The van der Waals surface area contributed by atoms with E-state index in [4.69, 9.17) is 26.2 Å². The van der Waals surface area contributed by atoms with Crippen molar-refractivity contribution in [3.05, 3.63) is 57.0 Å². The Bertz CT molecular complexity index is 745. The van der Waals surface area contributed by atoms with Crippen LogP contribution in [0.4, 0.5) is 0 Å². The number of carboxylic acids is 1. The van der Waals surface area contributed by atoms with Gasteiger partial charge in [0.1, 0.15) is 22.6 Å². The fraction of sp³-hybridized carbons (Fsp3) is 0.0667. The van der Waals surface area contributed by atoms with E-state index in [1.54, 1.807) is 12.1 Å². The number of methoxy groups -OCH3 is 1. The molecular formula is C15H10BrClO5. The molecule has 2 aromatic rings. The molecule has 5 nitrogen and oxygen atoms in total. The van der Waals surface area contributed by atoms with Gasteiger partial charge in [0.15, 0.2) is 0 Å². The summed E-state index contributed by atoms with van der Waals surface area (Å²) in [6.07, 6.45) is 0. The molecule has 22 heavy (non-hydrogen) atoms. The SMILES string of the molecule is COc1ccc(Br)cc1C(=O)Oc1ccc(Cl)cc1C(=O)O. The zero-order valence-electron chi connectivity index (χ0n) is 11.3. The molecule has 0 fully saturated rings. The third-order valence-electron chi connectivity index (χ3n) is 2.76. The Morgan fingerprint density at radius 3 is 2.41 bits per heavy atom. The smallest absolute Gasteiger partial charge is 0.347 e. The standard InChI is InChI=1S/C15H10BrClO5/c1-21-12-4-2-8(16)6-11(12)15(20)22-13-5-3-9(17)7-10(13)14(18)19/h2-7H,1H3,(H,18,19). The van der Waals surface area contributed by atoms with Crippen LogP contribution in [-0.4, -0.2) is 24.2 Å². The first kappa shape index (κ1) is 16.3. The van der Waals surface area contributed by atoms with Crippen LogP contribution in [0.1, 0.15) is 20.7 Å². The summed E-state index contributed by atoms with van der Waals surface area (Å²) in [4.78, 5) is 23.4. The third kappa shape index (κ3) is 3.58. The maximum absolute atomic E-state index is 12.3. The molecule has 0 spiro atoms. The zero-order chi connectivity index (χ0) is 16.3. The quantitative estimate of drug-likeness (QED) is 0.635. The molecule has 0 saturated heterocycles. The number of ether oxygens (including phenoxy) is 2. The summed E-state index contributed by atoms with van der Waals surface area (Å²) in [5.74, 6) is -1.75. The van der Waals surface area contributed by atoms with Crippen LogP contribution in [0.2, 0.25) is 5.02 Å². The van der Waals surface area contributed by atoms with Crippen LogP contribution in [0.3, 0.4) is 0 Å². The summed E-state index contributed by atoms with van der Waals surface area (Å²) in [5.41, 5.74) is -0.0297. The number of hydrogen-bond donors (Lipinski definition) is 1. The first-order chi connectivity index (χ1) is 10.4. The van der Waals surface area contributed by atoms with Crippen molar-refractivity contribution in [2.75, 3.05) is 7.11 Å². The van der Waals surface area contributed by atoms with Crippen LogP contribution in [0.25, 0.3) is 0 Å². The first-order valence-electron chi connectivity index (χ1n) is 6.01. The van der Waals surface area contributed by atoms with Crippen LogP contribution in [-0.2, 0) is 0 Å². The highest BCUT2D eigenvalue weighted by Gasteiger charge is 2.19. The lowest BCUT2D eigenvalue weighted by atomic mass is 10.2. The number of carbonyl (C=O) groups excluding carboxylic acids is 1. The van der Waals surface area contributed by atoms with Crippen LogP contribution >= 0.6 is 27.5 Å². The molecular weight excluding hydrogens is 376 g/mol. The molecule has 0 atom stereocenters. The van der Waals surface area contributed by atoms with E-state index < -0.39 is 11.9 Å². The Balaban J connectivity index is 2.38. The number of esters is 1. The summed E-state index contributed by atoms with van der Waals surface area (Å²) in [5, 5.41) is 9.37. The van der Waals surface area contributed by atoms with E-state index in [9.17, 15) is 9.59 Å². The second-order valence-corrected chi connectivity index (χ2v) is 5.53. The number of aromatic carboxylic acids is 1. The van der Waals surface area contributed by atoms with Gasteiger partial charge in [0.25, 0.3) is 0 Å². The molecule has 7 heteroatoms. The van der Waals surface area contributed by atoms with Gasteiger partial charge < -0.3 is 14.6 Å². The second kappa shape index (κ2) is 6.81. The number of benzene rings is 2. The van der Waals surface area contributed by atoms with Gasteiger partial charge in [-0.1, -0.05) is 27.5 Å². The van der Waals surface area contributed by atoms with Crippen molar-refractivity contribution in [2.24, 2.45) is 0 Å². The van der Waals surface area contributed by atoms with Crippen LogP contribution in [0, 0.1) is 0 Å². The fourth-order valence-electron chi connectivity index (χ4n) is 1.75. The van der Waals surface area contributed by atoms with Gasteiger partial charge in [0, 0.05) is 9.50 Å². The average Bonchev–Trinajstić information content (AvgIpc) is 2.48. The normalized spacial score (nSPS) is 10.1. The molecule has 0 aliphatic carbocycles. The number of carbonyl (C=O) groups is 2. The summed E-state index contributed by atoms with van der Waals surface area (Å²) < 4.78 is 10.9. The van der Waals surface area contributed by atoms with Crippen molar-refractivity contribution < 1.29 is 24.2 Å². The number of rotatable bonds is 4. The summed E-state index contributed by atoms with van der Waals surface area (Å²) in [7, 11) is 1.42. The van der Waals surface area contributed by atoms with Crippen LogP contribution in [0.5, 0.6) is 11.5 Å². The topological polar surface area (TPSA) is 72.8 Å². The molecule has 0 saturated carbocycles. The second-order valence-electron chi connectivity index (χ2n) is 4.18. The first-order valence-corrected chi connectivity index (χ1v) is 7.18. The van der Waals surface area contributed by atoms with E-state index in [0.717, 1.165) is 0 Å². The highest BCUT2D eigenvalue weighted by Crippen LogP contribution is 2.27. The van der Waals surface area contributed by atoms with Gasteiger partial charge in [-0.25, -0.2) is 9.59 Å². The van der Waals surface area contributed by atoms with E-state index in [-0.39, 0.29) is 21.9 Å². The maximum atomic E-state index is 12.3. The molecule has 0 aromatic heterocycles. The largest absolute Gasteiger partial charge is 0.496 e. The molecule has 0 bridgehead atoms. The summed E-state index contributed by atoms with van der Waals surface area (Å²) in [6, 6.07) is 8.81. The molecule has 114 valence electrons. The minimum Gasteiger partial charge on any atom is -0.496 e. The molecule has 0 aliphatic heterocycles. The third-order valence-corrected chi connectivity index (χ3v) is 3.48. The highest BCUT2D eigenvalue weighted by molar-refractivity contribution is 9.10. The lowest BCUT2D eigenvalue weighted by Crippen LogP contribution is -2.12. The maximum Gasteiger partial charge on any atom is 0.347 e. The van der Waals surface area contributed by atoms with Gasteiger partial charge in [0.05, 0.1) is 7.11 Å². The molecule has 2 aromatic carbocycles. The van der Waals surface area contributed by atoms with Gasteiger partial charge in [-0.2, -0.15) is 0 Å². The predicted octanol–water partition coefficient (Wildman–Crippen LogP) is 4.03. The van der Waals surface area contributed by atoms with Crippen molar-refractivity contribution in [3.8, 4) is 11.5 Å². The average molecular weight is 386 g/mol. The Morgan fingerprint density at radius 1 is 1.09 bits per heavy atom. The minimum atomic E-state index is -1.24. The molecule has 0 radical (unpaired) electrons. The Hall–Kier alpha value is -2.05. The number of halogens is 2. The van der Waals surface area contributed by atoms with Crippen molar-refractivity contribution in [1.29, 1.82) is 0 Å². The number of hydrogen-bond acceptors (Lipinski definition) is 4. The number of carboxylic acid groups (broad SMARTS) is 1. The summed E-state index contributed by atoms with van der Waals surface area (Å²) >= 11 is 9.00. The van der Waals surface area contributed by atoms with E-state index in [2.05, 4.69) is 15.9 Å². The van der Waals surface area contributed by atoms with Crippen LogP contribution in [0.15, 0.2) is 40.9 Å². The molecule has 0 aliphatic rings. The predicted molar refractivity (Wildman–Crippen MR) is 84.1 cm³/mol. The van der Waals surface area contributed by atoms with Gasteiger partial charge >= 0.3 is 11.9 Å². The molecule has 0 unspecified atom stereocenters. The molecule has 0 amide bonds. The van der Waals surface area contributed by atoms with Gasteiger partial charge in [-0.15, -0.1) is 0 Å². The molecule has 1 N–H and O–H groups in total. The summed E-state index contributed by atoms with van der Waals surface area (Å²) in [6.45, 7) is 0. The van der Waals surface area contributed by atoms with Crippen molar-refractivity contribution >= 4 is 39.5 Å². The van der Waals surface area contributed by atoms with E-state index in [1.807, 2.05) is 0 Å². The van der Waals surface area contributed by atoms with Gasteiger partial charge in [-0.05, 0) is 36.4 Å². The molecule has 0 heterocycles. The van der Waals surface area contributed by atoms with E-state index in [1.165, 1.54) is 31.4 Å². The van der Waals surface area contributed by atoms with E-state index in [0.29, 0.717) is 10.2 Å². The fourth-order valence-corrected chi connectivity index (χ4v) is 2.29. The van der Waals surface area contributed by atoms with Gasteiger partial charge in [-0.3, -0.25) is 0 Å². The molecule has 2 rings (SSSR count). The monoisotopic (exact) mass is 384 g/mol. The minimum absolute atomic E-state index is 0.0936. The Kier molecular flexibility index (Phi) is 5.05.